The highest BCUT2D eigenvalue weighted by Crippen LogP contribution is 2.30. The molecule has 0 atom stereocenters. The molecule has 0 fully saturated rings. The van der Waals surface area contributed by atoms with Gasteiger partial charge in [-0.1, -0.05) is 17.7 Å². The normalized spacial score (nSPS) is 10.9. The molecule has 0 aliphatic heterocycles. The lowest BCUT2D eigenvalue weighted by Crippen LogP contribution is -2.05. The van der Waals surface area contributed by atoms with Crippen molar-refractivity contribution in [2.24, 2.45) is 0 Å². The molecule has 0 aliphatic rings. The molecule has 2 aromatic carbocycles. The fraction of sp³-hybridized carbons (Fsp3) is 0.182. The van der Waals surface area contributed by atoms with E-state index in [1.807, 2.05) is 35.9 Å². The van der Waals surface area contributed by atoms with Crippen molar-refractivity contribution in [3.05, 3.63) is 65.1 Å². The highest BCUT2D eigenvalue weighted by molar-refractivity contribution is 6.31. The SMILES string of the molecule is CNc1nc2cnc(Nc3ccc(F)c(Cl)c3)cc2n1Cc1ccc(OC)c(OC)c1. The Balaban J connectivity index is 1.70. The summed E-state index contributed by atoms with van der Waals surface area (Å²) in [6, 6.07) is 12.1. The van der Waals surface area contributed by atoms with Gasteiger partial charge in [0.1, 0.15) is 17.2 Å². The summed E-state index contributed by atoms with van der Waals surface area (Å²) < 4.78 is 26.2. The molecule has 0 saturated heterocycles. The van der Waals surface area contributed by atoms with Gasteiger partial charge in [-0.15, -0.1) is 0 Å². The quantitative estimate of drug-likeness (QED) is 0.417. The van der Waals surface area contributed by atoms with E-state index in [2.05, 4.69) is 20.6 Å². The molecular weight excluding hydrogens is 421 g/mol. The van der Waals surface area contributed by atoms with Gasteiger partial charge >= 0.3 is 0 Å². The van der Waals surface area contributed by atoms with E-state index < -0.39 is 5.82 Å². The van der Waals surface area contributed by atoms with Gasteiger partial charge in [-0.2, -0.15) is 0 Å². The minimum Gasteiger partial charge on any atom is -0.493 e. The number of imidazole rings is 1. The molecule has 31 heavy (non-hydrogen) atoms. The Labute approximate surface area is 183 Å². The number of nitrogens with one attached hydrogen (secondary N) is 2. The first-order valence-corrected chi connectivity index (χ1v) is 9.87. The second-order valence-corrected chi connectivity index (χ2v) is 7.18. The Morgan fingerprint density at radius 1 is 1.06 bits per heavy atom. The molecule has 0 spiro atoms. The van der Waals surface area contributed by atoms with Gasteiger partial charge in [-0.05, 0) is 35.9 Å². The third-order valence-electron chi connectivity index (χ3n) is 4.84. The first kappa shape index (κ1) is 20.7. The van der Waals surface area contributed by atoms with Crippen LogP contribution in [0.25, 0.3) is 11.0 Å². The van der Waals surface area contributed by atoms with Crippen molar-refractivity contribution < 1.29 is 13.9 Å². The fourth-order valence-electron chi connectivity index (χ4n) is 3.33. The van der Waals surface area contributed by atoms with Crippen molar-refractivity contribution in [2.45, 2.75) is 6.54 Å². The number of benzene rings is 2. The van der Waals surface area contributed by atoms with Gasteiger partial charge in [-0.3, -0.25) is 0 Å². The van der Waals surface area contributed by atoms with Crippen molar-refractivity contribution in [3.8, 4) is 11.5 Å². The molecule has 0 bridgehead atoms. The molecule has 4 aromatic rings. The largest absolute Gasteiger partial charge is 0.493 e. The van der Waals surface area contributed by atoms with Crippen LogP contribution in [0.1, 0.15) is 5.56 Å². The molecule has 2 aromatic heterocycles. The Morgan fingerprint density at radius 3 is 2.58 bits per heavy atom. The molecule has 0 amide bonds. The third-order valence-corrected chi connectivity index (χ3v) is 5.13. The maximum absolute atomic E-state index is 13.4. The van der Waals surface area contributed by atoms with E-state index in [0.29, 0.717) is 35.5 Å². The molecule has 7 nitrogen and oxygen atoms in total. The van der Waals surface area contributed by atoms with Crippen LogP contribution in [0.5, 0.6) is 11.5 Å². The number of hydrogen-bond acceptors (Lipinski definition) is 6. The number of aromatic nitrogens is 3. The molecule has 2 N–H and O–H groups in total. The van der Waals surface area contributed by atoms with Gasteiger partial charge in [0.2, 0.25) is 5.95 Å². The lowest BCUT2D eigenvalue weighted by Gasteiger charge is -2.13. The maximum Gasteiger partial charge on any atom is 0.203 e. The van der Waals surface area contributed by atoms with E-state index in [1.54, 1.807) is 26.5 Å². The van der Waals surface area contributed by atoms with Gasteiger partial charge in [0.05, 0.1) is 37.5 Å². The smallest absolute Gasteiger partial charge is 0.203 e. The maximum atomic E-state index is 13.4. The Hall–Kier alpha value is -3.52. The Kier molecular flexibility index (Phi) is 5.81. The molecule has 160 valence electrons. The Morgan fingerprint density at radius 2 is 1.87 bits per heavy atom. The second-order valence-electron chi connectivity index (χ2n) is 6.77. The average Bonchev–Trinajstić information content (AvgIpc) is 3.13. The average molecular weight is 442 g/mol. The molecule has 0 radical (unpaired) electrons. The number of anilines is 3. The van der Waals surface area contributed by atoms with Crippen LogP contribution in [0, 0.1) is 5.82 Å². The summed E-state index contributed by atoms with van der Waals surface area (Å²) in [5.41, 5.74) is 3.28. The van der Waals surface area contributed by atoms with E-state index in [4.69, 9.17) is 21.1 Å². The van der Waals surface area contributed by atoms with E-state index in [1.165, 1.54) is 12.1 Å². The van der Waals surface area contributed by atoms with Crippen molar-refractivity contribution >= 4 is 40.1 Å². The van der Waals surface area contributed by atoms with Gasteiger partial charge in [0.25, 0.3) is 0 Å². The van der Waals surface area contributed by atoms with Gasteiger partial charge in [-0.25, -0.2) is 14.4 Å². The van der Waals surface area contributed by atoms with E-state index >= 15 is 0 Å². The number of halogens is 2. The summed E-state index contributed by atoms with van der Waals surface area (Å²) in [6.07, 6.45) is 1.69. The number of pyridine rings is 1. The number of methoxy groups -OCH3 is 2. The number of fused-ring (bicyclic) bond motifs is 1. The molecule has 9 heteroatoms. The molecule has 0 saturated carbocycles. The van der Waals surface area contributed by atoms with Crippen LogP contribution < -0.4 is 20.1 Å². The molecule has 0 aliphatic carbocycles. The van der Waals surface area contributed by atoms with E-state index in [9.17, 15) is 4.39 Å². The third kappa shape index (κ3) is 4.20. The first-order chi connectivity index (χ1) is 15.0. The standard InChI is InChI=1S/C22H21ClFN5O2/c1-25-22-28-17-11-26-21(27-14-5-6-16(24)15(23)9-14)10-18(17)29(22)12-13-4-7-19(30-2)20(8-13)31-3/h4-11H,12H2,1-3H3,(H,25,28)(H,26,27). The summed E-state index contributed by atoms with van der Waals surface area (Å²) in [5, 5.41) is 6.33. The molecular formula is C22H21ClFN5O2. The van der Waals surface area contributed by atoms with Gasteiger partial charge in [0.15, 0.2) is 11.5 Å². The zero-order valence-electron chi connectivity index (χ0n) is 17.2. The van der Waals surface area contributed by atoms with Crippen molar-refractivity contribution in [2.75, 3.05) is 31.9 Å². The van der Waals surface area contributed by atoms with Crippen molar-refractivity contribution in [1.29, 1.82) is 0 Å². The topological polar surface area (TPSA) is 73.2 Å². The summed E-state index contributed by atoms with van der Waals surface area (Å²) in [4.78, 5) is 9.02. The predicted molar refractivity (Wildman–Crippen MR) is 120 cm³/mol. The van der Waals surface area contributed by atoms with Crippen LogP contribution in [0.15, 0.2) is 48.7 Å². The van der Waals surface area contributed by atoms with Crippen LogP contribution in [0.3, 0.4) is 0 Å². The lowest BCUT2D eigenvalue weighted by molar-refractivity contribution is 0.354. The summed E-state index contributed by atoms with van der Waals surface area (Å²) in [5.74, 6) is 2.15. The monoisotopic (exact) mass is 441 g/mol. The molecule has 2 heterocycles. The van der Waals surface area contributed by atoms with Crippen LogP contribution in [-0.4, -0.2) is 35.8 Å². The number of ether oxygens (including phenoxy) is 2. The van der Waals surface area contributed by atoms with Crippen LogP contribution in [0.2, 0.25) is 5.02 Å². The highest BCUT2D eigenvalue weighted by atomic mass is 35.5. The highest BCUT2D eigenvalue weighted by Gasteiger charge is 2.13. The predicted octanol–water partition coefficient (Wildman–Crippen LogP) is 5.07. The molecule has 4 rings (SSSR count). The summed E-state index contributed by atoms with van der Waals surface area (Å²) >= 11 is 5.88. The van der Waals surface area contributed by atoms with Crippen LogP contribution >= 0.6 is 11.6 Å². The van der Waals surface area contributed by atoms with Gasteiger partial charge in [0, 0.05) is 18.8 Å². The zero-order valence-corrected chi connectivity index (χ0v) is 18.0. The van der Waals surface area contributed by atoms with Crippen LogP contribution in [-0.2, 0) is 6.54 Å². The number of nitrogens with zero attached hydrogens (tertiary/aromatic N) is 3. The fourth-order valence-corrected chi connectivity index (χ4v) is 3.51. The van der Waals surface area contributed by atoms with Crippen molar-refractivity contribution in [1.82, 2.24) is 14.5 Å². The lowest BCUT2D eigenvalue weighted by atomic mass is 10.2. The summed E-state index contributed by atoms with van der Waals surface area (Å²) in [7, 11) is 5.04. The Bertz CT molecular complexity index is 1240. The van der Waals surface area contributed by atoms with Crippen molar-refractivity contribution in [3.63, 3.8) is 0 Å². The molecule has 0 unspecified atom stereocenters. The first-order valence-electron chi connectivity index (χ1n) is 9.49. The van der Waals surface area contributed by atoms with E-state index in [0.717, 1.165) is 16.6 Å². The van der Waals surface area contributed by atoms with Gasteiger partial charge < -0.3 is 24.7 Å². The minimum absolute atomic E-state index is 0.0436. The minimum atomic E-state index is -0.470. The number of hydrogen-bond donors (Lipinski definition) is 2. The summed E-state index contributed by atoms with van der Waals surface area (Å²) in [6.45, 7) is 0.554. The number of rotatable bonds is 7. The van der Waals surface area contributed by atoms with Crippen LogP contribution in [0.4, 0.5) is 21.8 Å². The zero-order chi connectivity index (χ0) is 22.0. The second kappa shape index (κ2) is 8.69. The van der Waals surface area contributed by atoms with E-state index in [-0.39, 0.29) is 5.02 Å².